The molecule has 1 aromatic carbocycles. The minimum Gasteiger partial charge on any atom is -0.478 e. The lowest BCUT2D eigenvalue weighted by Crippen LogP contribution is -2.08. The standard InChI is InChI=1S/C11H10O6/c1-6(12)16-8-3-4-10(17-7(2)13)9(5-8)11(14)15/h3-5H,1-2H3,(H,14,15). The Morgan fingerprint density at radius 1 is 1.06 bits per heavy atom. The maximum absolute atomic E-state index is 10.9. The van der Waals surface area contributed by atoms with E-state index in [2.05, 4.69) is 0 Å². The summed E-state index contributed by atoms with van der Waals surface area (Å²) in [6, 6.07) is 3.71. The number of rotatable bonds is 3. The van der Waals surface area contributed by atoms with Crippen molar-refractivity contribution in [3.63, 3.8) is 0 Å². The van der Waals surface area contributed by atoms with Gasteiger partial charge in [-0.15, -0.1) is 0 Å². The maximum Gasteiger partial charge on any atom is 0.339 e. The average Bonchev–Trinajstić information content (AvgIpc) is 2.18. The number of benzene rings is 1. The summed E-state index contributed by atoms with van der Waals surface area (Å²) in [5.41, 5.74) is -0.251. The molecule has 0 unspecified atom stereocenters. The molecule has 6 nitrogen and oxygen atoms in total. The molecule has 0 saturated heterocycles. The molecule has 0 bridgehead atoms. The molecule has 0 aliphatic carbocycles. The van der Waals surface area contributed by atoms with Crippen molar-refractivity contribution >= 4 is 17.9 Å². The van der Waals surface area contributed by atoms with E-state index in [4.69, 9.17) is 14.6 Å². The monoisotopic (exact) mass is 238 g/mol. The van der Waals surface area contributed by atoms with Crippen LogP contribution in [0.3, 0.4) is 0 Å². The molecule has 1 rings (SSSR count). The van der Waals surface area contributed by atoms with Crippen molar-refractivity contribution in [2.24, 2.45) is 0 Å². The Balaban J connectivity index is 3.12. The van der Waals surface area contributed by atoms with E-state index in [9.17, 15) is 14.4 Å². The largest absolute Gasteiger partial charge is 0.478 e. The van der Waals surface area contributed by atoms with Gasteiger partial charge < -0.3 is 14.6 Å². The average molecular weight is 238 g/mol. The molecule has 0 radical (unpaired) electrons. The summed E-state index contributed by atoms with van der Waals surface area (Å²) in [4.78, 5) is 32.4. The molecule has 17 heavy (non-hydrogen) atoms. The van der Waals surface area contributed by atoms with Gasteiger partial charge in [0.05, 0.1) is 0 Å². The second kappa shape index (κ2) is 5.11. The van der Waals surface area contributed by atoms with E-state index in [1.165, 1.54) is 19.1 Å². The Bertz CT molecular complexity index is 477. The Morgan fingerprint density at radius 2 is 1.65 bits per heavy atom. The zero-order chi connectivity index (χ0) is 13.0. The topological polar surface area (TPSA) is 89.9 Å². The molecule has 1 N–H and O–H groups in total. The molecule has 90 valence electrons. The fourth-order valence-electron chi connectivity index (χ4n) is 1.15. The van der Waals surface area contributed by atoms with Gasteiger partial charge in [-0.1, -0.05) is 0 Å². The van der Waals surface area contributed by atoms with E-state index in [1.54, 1.807) is 0 Å². The van der Waals surface area contributed by atoms with Crippen LogP contribution in [0.2, 0.25) is 0 Å². The number of carbonyl (C=O) groups excluding carboxylic acids is 2. The fraction of sp³-hybridized carbons (Fsp3) is 0.182. The Hall–Kier alpha value is -2.37. The molecule has 6 heteroatoms. The maximum atomic E-state index is 10.9. The second-order valence-corrected chi connectivity index (χ2v) is 3.15. The van der Waals surface area contributed by atoms with E-state index >= 15 is 0 Å². The molecule has 0 aromatic heterocycles. The van der Waals surface area contributed by atoms with Gasteiger partial charge in [-0.2, -0.15) is 0 Å². The van der Waals surface area contributed by atoms with Gasteiger partial charge in [-0.25, -0.2) is 4.79 Å². The normalized spacial score (nSPS) is 9.53. The summed E-state index contributed by atoms with van der Waals surface area (Å²) in [6.45, 7) is 2.35. The van der Waals surface area contributed by atoms with Crippen LogP contribution < -0.4 is 9.47 Å². The summed E-state index contributed by atoms with van der Waals surface area (Å²) >= 11 is 0. The van der Waals surface area contributed by atoms with E-state index in [0.717, 1.165) is 13.0 Å². The highest BCUT2D eigenvalue weighted by Gasteiger charge is 2.15. The van der Waals surface area contributed by atoms with Gasteiger partial charge in [0.25, 0.3) is 0 Å². The number of esters is 2. The number of hydrogen-bond acceptors (Lipinski definition) is 5. The van der Waals surface area contributed by atoms with Gasteiger partial charge in [0.15, 0.2) is 0 Å². The predicted octanol–water partition coefficient (Wildman–Crippen LogP) is 1.24. The van der Waals surface area contributed by atoms with E-state index in [-0.39, 0.29) is 17.1 Å². The third-order valence-electron chi connectivity index (χ3n) is 1.70. The predicted molar refractivity (Wildman–Crippen MR) is 56.0 cm³/mol. The fourth-order valence-corrected chi connectivity index (χ4v) is 1.15. The lowest BCUT2D eigenvalue weighted by Gasteiger charge is -2.07. The summed E-state index contributed by atoms with van der Waals surface area (Å²) in [5.74, 6) is -2.50. The number of aromatic carboxylic acids is 1. The molecule has 0 heterocycles. The Morgan fingerprint density at radius 3 is 2.12 bits per heavy atom. The van der Waals surface area contributed by atoms with Crippen LogP contribution in [0, 0.1) is 0 Å². The van der Waals surface area contributed by atoms with E-state index < -0.39 is 17.9 Å². The van der Waals surface area contributed by atoms with Crippen LogP contribution in [0.1, 0.15) is 24.2 Å². The SMILES string of the molecule is CC(=O)Oc1ccc(OC(C)=O)c(C(=O)O)c1. The number of hydrogen-bond donors (Lipinski definition) is 1. The van der Waals surface area contributed by atoms with Crippen molar-refractivity contribution in [2.75, 3.05) is 0 Å². The van der Waals surface area contributed by atoms with Crippen molar-refractivity contribution in [1.82, 2.24) is 0 Å². The molecule has 0 amide bonds. The van der Waals surface area contributed by atoms with Crippen molar-refractivity contribution in [1.29, 1.82) is 0 Å². The smallest absolute Gasteiger partial charge is 0.339 e. The molecule has 0 spiro atoms. The van der Waals surface area contributed by atoms with Crippen LogP contribution in [0.5, 0.6) is 11.5 Å². The van der Waals surface area contributed by atoms with Crippen molar-refractivity contribution in [3.8, 4) is 11.5 Å². The van der Waals surface area contributed by atoms with E-state index in [1.807, 2.05) is 0 Å². The third kappa shape index (κ3) is 3.60. The zero-order valence-electron chi connectivity index (χ0n) is 9.22. The highest BCUT2D eigenvalue weighted by atomic mass is 16.5. The molecule has 0 aliphatic heterocycles. The minimum atomic E-state index is -1.28. The minimum absolute atomic E-state index is 0.0748. The summed E-state index contributed by atoms with van der Waals surface area (Å²) < 4.78 is 9.43. The van der Waals surface area contributed by atoms with Gasteiger partial charge in [-0.05, 0) is 18.2 Å². The first kappa shape index (κ1) is 12.7. The van der Waals surface area contributed by atoms with Gasteiger partial charge in [-0.3, -0.25) is 9.59 Å². The van der Waals surface area contributed by atoms with Gasteiger partial charge in [0.2, 0.25) is 0 Å². The van der Waals surface area contributed by atoms with Crippen LogP contribution in [0.15, 0.2) is 18.2 Å². The summed E-state index contributed by atoms with van der Waals surface area (Å²) in [5, 5.41) is 8.91. The molecular weight excluding hydrogens is 228 g/mol. The second-order valence-electron chi connectivity index (χ2n) is 3.15. The van der Waals surface area contributed by atoms with Crippen LogP contribution in [-0.4, -0.2) is 23.0 Å². The number of carboxylic acid groups (broad SMARTS) is 1. The van der Waals surface area contributed by atoms with Crippen molar-refractivity contribution in [3.05, 3.63) is 23.8 Å². The first-order chi connectivity index (χ1) is 7.90. The Labute approximate surface area is 96.8 Å². The highest BCUT2D eigenvalue weighted by molar-refractivity contribution is 5.92. The highest BCUT2D eigenvalue weighted by Crippen LogP contribution is 2.24. The third-order valence-corrected chi connectivity index (χ3v) is 1.70. The quantitative estimate of drug-likeness (QED) is 0.629. The first-order valence-corrected chi connectivity index (χ1v) is 4.64. The summed E-state index contributed by atoms with van der Waals surface area (Å²) in [6.07, 6.45) is 0. The zero-order valence-corrected chi connectivity index (χ0v) is 9.22. The molecular formula is C11H10O6. The molecule has 0 aliphatic rings. The lowest BCUT2D eigenvalue weighted by atomic mass is 10.2. The lowest BCUT2D eigenvalue weighted by molar-refractivity contribution is -0.133. The van der Waals surface area contributed by atoms with Crippen LogP contribution in [0.4, 0.5) is 0 Å². The number of ether oxygens (including phenoxy) is 2. The van der Waals surface area contributed by atoms with Gasteiger partial charge in [0, 0.05) is 13.8 Å². The number of carboxylic acids is 1. The van der Waals surface area contributed by atoms with Gasteiger partial charge >= 0.3 is 17.9 Å². The van der Waals surface area contributed by atoms with Crippen molar-refractivity contribution in [2.45, 2.75) is 13.8 Å². The first-order valence-electron chi connectivity index (χ1n) is 4.64. The molecule has 0 saturated carbocycles. The Kier molecular flexibility index (Phi) is 3.82. The van der Waals surface area contributed by atoms with Crippen LogP contribution >= 0.6 is 0 Å². The van der Waals surface area contributed by atoms with Crippen LogP contribution in [0.25, 0.3) is 0 Å². The molecule has 0 fully saturated rings. The molecule has 1 aromatic rings. The number of carbonyl (C=O) groups is 3. The van der Waals surface area contributed by atoms with Crippen molar-refractivity contribution < 1.29 is 29.0 Å². The summed E-state index contributed by atoms with van der Waals surface area (Å²) in [7, 11) is 0. The van der Waals surface area contributed by atoms with E-state index in [0.29, 0.717) is 0 Å². The van der Waals surface area contributed by atoms with Gasteiger partial charge in [0.1, 0.15) is 17.1 Å². The van der Waals surface area contributed by atoms with Crippen LogP contribution in [-0.2, 0) is 9.59 Å². The molecule has 0 atom stereocenters.